The van der Waals surface area contributed by atoms with Crippen LogP contribution in [-0.4, -0.2) is 39.1 Å². The lowest BCUT2D eigenvalue weighted by atomic mass is 10.2. The summed E-state index contributed by atoms with van der Waals surface area (Å²) in [6, 6.07) is 15.4. The van der Waals surface area contributed by atoms with Crippen molar-refractivity contribution in [2.45, 2.75) is 18.7 Å². The number of aromatic nitrogens is 1. The molecule has 1 N–H and O–H groups in total. The maximum atomic E-state index is 11.0. The molecule has 1 aromatic heterocycles. The molecule has 162 valence electrons. The van der Waals surface area contributed by atoms with Gasteiger partial charge in [0.1, 0.15) is 17.8 Å². The minimum Gasteiger partial charge on any atom is -0.497 e. The van der Waals surface area contributed by atoms with E-state index >= 15 is 0 Å². The number of anilines is 2. The summed E-state index contributed by atoms with van der Waals surface area (Å²) in [4.78, 5) is 16.0. The minimum atomic E-state index is 0.253. The number of hydrogen-bond donors (Lipinski definition) is 1. The van der Waals surface area contributed by atoms with Gasteiger partial charge >= 0.3 is 0 Å². The largest absolute Gasteiger partial charge is 0.497 e. The van der Waals surface area contributed by atoms with Crippen molar-refractivity contribution in [3.63, 3.8) is 0 Å². The van der Waals surface area contributed by atoms with Gasteiger partial charge in [0.15, 0.2) is 5.13 Å². The Hall–Kier alpha value is -2.71. The predicted molar refractivity (Wildman–Crippen MR) is 128 cm³/mol. The van der Waals surface area contributed by atoms with Gasteiger partial charge in [-0.3, -0.25) is 0 Å². The Labute approximate surface area is 187 Å². The average Bonchev–Trinajstić information content (AvgIpc) is 3.35. The number of nitrogens with zero attached hydrogens (tertiary/aromatic N) is 2. The summed E-state index contributed by atoms with van der Waals surface area (Å²) in [6.07, 6.45) is 2.64. The quantitative estimate of drug-likeness (QED) is 0.355. The molecule has 8 heteroatoms. The number of thiazole rings is 1. The Bertz CT molecular complexity index is 831. The molecule has 0 fully saturated rings. The number of rotatable bonds is 8. The number of methoxy groups -OCH3 is 2. The average molecular weight is 448 g/mol. The molecule has 0 saturated carbocycles. The van der Waals surface area contributed by atoms with Crippen molar-refractivity contribution in [2.24, 2.45) is 0 Å². The van der Waals surface area contributed by atoms with Crippen LogP contribution in [0.15, 0.2) is 65.0 Å². The second-order valence-electron chi connectivity index (χ2n) is 5.26. The fourth-order valence-electron chi connectivity index (χ4n) is 2.20. The summed E-state index contributed by atoms with van der Waals surface area (Å²) < 4.78 is 12.5. The Morgan fingerprint density at radius 3 is 2.37 bits per heavy atom. The van der Waals surface area contributed by atoms with E-state index in [1.54, 1.807) is 31.8 Å². The number of benzene rings is 2. The Morgan fingerprint density at radius 2 is 1.87 bits per heavy atom. The normalized spacial score (nSPS) is 9.23. The van der Waals surface area contributed by atoms with Crippen LogP contribution in [0.5, 0.6) is 11.5 Å². The fourth-order valence-corrected chi connectivity index (χ4v) is 3.60. The number of hydrogen-bond acceptors (Lipinski definition) is 8. The van der Waals surface area contributed by atoms with Crippen molar-refractivity contribution < 1.29 is 14.3 Å². The molecule has 0 atom stereocenters. The van der Waals surface area contributed by atoms with Gasteiger partial charge in [-0.1, -0.05) is 32.0 Å². The van der Waals surface area contributed by atoms with Gasteiger partial charge in [-0.25, -0.2) is 4.98 Å². The number of aldehydes is 1. The summed E-state index contributed by atoms with van der Waals surface area (Å²) in [5.74, 6) is 1.41. The van der Waals surface area contributed by atoms with Crippen molar-refractivity contribution in [1.29, 1.82) is 0 Å². The molecular formula is C22H29N3O3S2. The standard InChI is InChI=1S/C16H17NO3S.C4H6N2S.C2H6/c1-19-13-8-9-16(20-2)15(12-13)17(10-11-18)21-14-6-4-3-5-7-14;1-5-4-6-2-3-7-4;1-2/h3-9,11-12H,10H2,1-2H3;2-3H,1H3,(H,5,6);1-2H3. The molecule has 3 aromatic rings. The maximum Gasteiger partial charge on any atom is 0.182 e. The van der Waals surface area contributed by atoms with Crippen LogP contribution in [0.1, 0.15) is 13.8 Å². The molecule has 0 radical (unpaired) electrons. The van der Waals surface area contributed by atoms with Crippen LogP contribution in [0.4, 0.5) is 10.8 Å². The zero-order chi connectivity index (χ0) is 22.2. The highest BCUT2D eigenvalue weighted by Crippen LogP contribution is 2.37. The smallest absolute Gasteiger partial charge is 0.182 e. The molecule has 0 spiro atoms. The van der Waals surface area contributed by atoms with Crippen LogP contribution in [0.25, 0.3) is 0 Å². The third-order valence-electron chi connectivity index (χ3n) is 3.50. The summed E-state index contributed by atoms with van der Waals surface area (Å²) >= 11 is 3.08. The zero-order valence-corrected chi connectivity index (χ0v) is 19.6. The van der Waals surface area contributed by atoms with E-state index in [1.807, 2.05) is 79.1 Å². The summed E-state index contributed by atoms with van der Waals surface area (Å²) in [7, 11) is 5.08. The van der Waals surface area contributed by atoms with Gasteiger partial charge in [0.2, 0.25) is 0 Å². The first-order valence-electron chi connectivity index (χ1n) is 9.45. The van der Waals surface area contributed by atoms with E-state index in [0.29, 0.717) is 5.75 Å². The van der Waals surface area contributed by atoms with Gasteiger partial charge < -0.3 is 23.9 Å². The van der Waals surface area contributed by atoms with Crippen LogP contribution in [0.3, 0.4) is 0 Å². The highest BCUT2D eigenvalue weighted by Gasteiger charge is 2.14. The van der Waals surface area contributed by atoms with Crippen LogP contribution in [-0.2, 0) is 4.79 Å². The van der Waals surface area contributed by atoms with E-state index in [2.05, 4.69) is 10.3 Å². The molecule has 6 nitrogen and oxygen atoms in total. The molecule has 2 aromatic carbocycles. The molecular weight excluding hydrogens is 418 g/mol. The Kier molecular flexibility index (Phi) is 12.8. The van der Waals surface area contributed by atoms with Crippen molar-refractivity contribution in [2.75, 3.05) is 37.4 Å². The summed E-state index contributed by atoms with van der Waals surface area (Å²) in [5, 5.41) is 5.82. The third kappa shape index (κ3) is 8.34. The van der Waals surface area contributed by atoms with Crippen molar-refractivity contribution >= 4 is 40.4 Å². The Morgan fingerprint density at radius 1 is 1.13 bits per heavy atom. The lowest BCUT2D eigenvalue weighted by Gasteiger charge is -2.23. The zero-order valence-electron chi connectivity index (χ0n) is 18.0. The third-order valence-corrected chi connectivity index (χ3v) is 5.34. The number of ether oxygens (including phenoxy) is 2. The van der Waals surface area contributed by atoms with Crippen LogP contribution in [0, 0.1) is 0 Å². The maximum absolute atomic E-state index is 11.0. The molecule has 0 saturated heterocycles. The van der Waals surface area contributed by atoms with E-state index in [-0.39, 0.29) is 6.54 Å². The molecule has 0 aliphatic heterocycles. The lowest BCUT2D eigenvalue weighted by Crippen LogP contribution is -2.17. The molecule has 30 heavy (non-hydrogen) atoms. The lowest BCUT2D eigenvalue weighted by molar-refractivity contribution is -0.106. The van der Waals surface area contributed by atoms with Crippen LogP contribution >= 0.6 is 23.3 Å². The topological polar surface area (TPSA) is 63.7 Å². The second-order valence-corrected chi connectivity index (χ2v) is 7.25. The highest BCUT2D eigenvalue weighted by atomic mass is 32.2. The van der Waals surface area contributed by atoms with Crippen molar-refractivity contribution in [3.05, 3.63) is 60.1 Å². The van der Waals surface area contributed by atoms with E-state index in [9.17, 15) is 4.79 Å². The van der Waals surface area contributed by atoms with Gasteiger partial charge in [-0.2, -0.15) is 0 Å². The molecule has 1 heterocycles. The molecule has 0 bridgehead atoms. The first-order chi connectivity index (χ1) is 14.7. The molecule has 0 amide bonds. The SMILES string of the molecule is CC.CNc1nccs1.COc1ccc(OC)c(N(CC=O)Sc2ccccc2)c1. The number of carbonyl (C=O) groups excluding carboxylic acids is 1. The number of carbonyl (C=O) groups is 1. The summed E-state index contributed by atoms with van der Waals surface area (Å²) in [5.41, 5.74) is 0.804. The van der Waals surface area contributed by atoms with Gasteiger partial charge in [0.05, 0.1) is 26.5 Å². The molecule has 0 unspecified atom stereocenters. The van der Waals surface area contributed by atoms with E-state index < -0.39 is 0 Å². The van der Waals surface area contributed by atoms with E-state index in [0.717, 1.165) is 27.8 Å². The van der Waals surface area contributed by atoms with E-state index in [1.165, 1.54) is 11.9 Å². The van der Waals surface area contributed by atoms with Gasteiger partial charge in [0, 0.05) is 29.6 Å². The highest BCUT2D eigenvalue weighted by molar-refractivity contribution is 8.00. The molecule has 3 rings (SSSR count). The molecule has 0 aliphatic rings. The van der Waals surface area contributed by atoms with Crippen LogP contribution in [0.2, 0.25) is 0 Å². The van der Waals surface area contributed by atoms with Gasteiger partial charge in [-0.05, 0) is 36.2 Å². The minimum absolute atomic E-state index is 0.253. The van der Waals surface area contributed by atoms with Crippen molar-refractivity contribution in [3.8, 4) is 11.5 Å². The first-order valence-corrected chi connectivity index (χ1v) is 11.1. The second kappa shape index (κ2) is 15.2. The van der Waals surface area contributed by atoms with Gasteiger partial charge in [-0.15, -0.1) is 11.3 Å². The predicted octanol–water partition coefficient (Wildman–Crippen LogP) is 5.63. The Balaban J connectivity index is 0.000000418. The van der Waals surface area contributed by atoms with Crippen LogP contribution < -0.4 is 19.1 Å². The first kappa shape index (κ1) is 25.3. The number of nitrogens with one attached hydrogen (secondary N) is 1. The monoisotopic (exact) mass is 447 g/mol. The fraction of sp³-hybridized carbons (Fsp3) is 0.273. The molecule has 0 aliphatic carbocycles. The van der Waals surface area contributed by atoms with Gasteiger partial charge in [0.25, 0.3) is 0 Å². The van der Waals surface area contributed by atoms with Crippen molar-refractivity contribution in [1.82, 2.24) is 4.98 Å². The summed E-state index contributed by atoms with van der Waals surface area (Å²) in [6.45, 7) is 4.25. The van der Waals surface area contributed by atoms with E-state index in [4.69, 9.17) is 9.47 Å².